The topological polar surface area (TPSA) is 105 Å². The van der Waals surface area contributed by atoms with Crippen LogP contribution in [0.15, 0.2) is 120 Å². The molecule has 45 heavy (non-hydrogen) atoms. The van der Waals surface area contributed by atoms with Gasteiger partial charge in [0.05, 0.1) is 44.6 Å². The van der Waals surface area contributed by atoms with E-state index in [1.165, 1.54) is 0 Å². The lowest BCUT2D eigenvalue weighted by molar-refractivity contribution is 0.0990. The van der Waals surface area contributed by atoms with Crippen molar-refractivity contribution in [3.63, 3.8) is 0 Å². The highest BCUT2D eigenvalue weighted by Crippen LogP contribution is 2.36. The molecule has 9 nitrogen and oxygen atoms in total. The molecule has 3 aromatic carbocycles. The fraction of sp³-hybridized carbons (Fsp3) is 0.111. The Morgan fingerprint density at radius 1 is 0.822 bits per heavy atom. The van der Waals surface area contributed by atoms with Gasteiger partial charge >= 0.3 is 0 Å². The molecule has 0 atom stereocenters. The monoisotopic (exact) mass is 598 g/mol. The molecule has 0 aliphatic heterocycles. The molecule has 0 radical (unpaired) electrons. The van der Waals surface area contributed by atoms with Gasteiger partial charge in [-0.2, -0.15) is 0 Å². The average molecular weight is 599 g/mol. The molecular formula is C36H30N4O5. The van der Waals surface area contributed by atoms with Crippen LogP contribution in [-0.2, 0) is 13.0 Å². The Bertz CT molecular complexity index is 2010. The number of methoxy groups -OCH3 is 2. The van der Waals surface area contributed by atoms with Crippen molar-refractivity contribution in [1.82, 2.24) is 14.5 Å². The third-order valence-corrected chi connectivity index (χ3v) is 7.27. The lowest BCUT2D eigenvalue weighted by Crippen LogP contribution is -2.28. The zero-order valence-corrected chi connectivity index (χ0v) is 24.8. The van der Waals surface area contributed by atoms with Crippen LogP contribution in [0.1, 0.15) is 21.6 Å². The minimum Gasteiger partial charge on any atom is -0.493 e. The maximum Gasteiger partial charge on any atom is 0.263 e. The van der Waals surface area contributed by atoms with Crippen LogP contribution in [0.4, 0.5) is 11.4 Å². The molecule has 0 aliphatic rings. The number of benzene rings is 3. The van der Waals surface area contributed by atoms with Crippen molar-refractivity contribution < 1.29 is 19.0 Å². The standard InChI is InChI=1S/C36H30N4O5/c1-43-33-20-28-30(21-34(33)44-2)37-17-15-32(28)45-27-14-13-26(38-22-27)19-31(41)35-29(39-25-11-7-4-8-12-25)16-18-40(36(35)42)23-24-9-5-3-6-10-24/h3-18,20-22,39H,19,23H2,1-2H3. The van der Waals surface area contributed by atoms with E-state index >= 15 is 0 Å². The second-order valence-corrected chi connectivity index (χ2v) is 10.2. The van der Waals surface area contributed by atoms with E-state index in [0.717, 1.165) is 16.6 Å². The lowest BCUT2D eigenvalue weighted by Gasteiger charge is -2.14. The van der Waals surface area contributed by atoms with E-state index < -0.39 is 0 Å². The van der Waals surface area contributed by atoms with E-state index in [0.29, 0.717) is 46.4 Å². The van der Waals surface area contributed by atoms with Gasteiger partial charge in [-0.15, -0.1) is 0 Å². The number of aromatic nitrogens is 3. The Hall–Kier alpha value is -5.96. The number of Topliss-reactive ketones (excluding diaryl/α,β-unsaturated/α-hetero) is 1. The molecule has 0 aliphatic carbocycles. The van der Waals surface area contributed by atoms with Crippen LogP contribution >= 0.6 is 0 Å². The predicted octanol–water partition coefficient (Wildman–Crippen LogP) is 6.82. The van der Waals surface area contributed by atoms with E-state index in [4.69, 9.17) is 14.2 Å². The Morgan fingerprint density at radius 3 is 2.27 bits per heavy atom. The van der Waals surface area contributed by atoms with Crippen molar-refractivity contribution in [3.05, 3.63) is 143 Å². The summed E-state index contributed by atoms with van der Waals surface area (Å²) in [5.74, 6) is 1.82. The van der Waals surface area contributed by atoms with Crippen molar-refractivity contribution in [2.45, 2.75) is 13.0 Å². The van der Waals surface area contributed by atoms with Crippen LogP contribution in [0, 0.1) is 0 Å². The van der Waals surface area contributed by atoms with Gasteiger partial charge in [0, 0.05) is 35.2 Å². The van der Waals surface area contributed by atoms with Gasteiger partial charge in [0.15, 0.2) is 17.3 Å². The molecule has 0 saturated carbocycles. The second kappa shape index (κ2) is 13.1. The molecule has 6 rings (SSSR count). The smallest absolute Gasteiger partial charge is 0.263 e. The van der Waals surface area contributed by atoms with Crippen LogP contribution < -0.4 is 25.1 Å². The van der Waals surface area contributed by atoms with Gasteiger partial charge in [0.25, 0.3) is 5.56 Å². The molecule has 0 bridgehead atoms. The molecule has 1 N–H and O–H groups in total. The van der Waals surface area contributed by atoms with E-state index in [2.05, 4.69) is 15.3 Å². The first-order valence-corrected chi connectivity index (χ1v) is 14.3. The number of carbonyl (C=O) groups excluding carboxylic acids is 1. The minimum absolute atomic E-state index is 0.0660. The zero-order valence-electron chi connectivity index (χ0n) is 24.8. The molecule has 0 saturated heterocycles. The van der Waals surface area contributed by atoms with E-state index in [1.54, 1.807) is 67.7 Å². The van der Waals surface area contributed by atoms with Gasteiger partial charge in [-0.05, 0) is 48.0 Å². The molecule has 0 fully saturated rings. The quantitative estimate of drug-likeness (QED) is 0.162. The second-order valence-electron chi connectivity index (χ2n) is 10.2. The summed E-state index contributed by atoms with van der Waals surface area (Å²) >= 11 is 0. The van der Waals surface area contributed by atoms with E-state index in [-0.39, 0.29) is 23.3 Å². The maximum absolute atomic E-state index is 13.7. The van der Waals surface area contributed by atoms with Crippen LogP contribution in [0.2, 0.25) is 0 Å². The molecule has 0 spiro atoms. The molecule has 9 heteroatoms. The highest BCUT2D eigenvalue weighted by Gasteiger charge is 2.20. The van der Waals surface area contributed by atoms with Gasteiger partial charge in [0.2, 0.25) is 0 Å². The normalized spacial score (nSPS) is 10.8. The average Bonchev–Trinajstić information content (AvgIpc) is 3.07. The summed E-state index contributed by atoms with van der Waals surface area (Å²) in [4.78, 5) is 36.3. The summed E-state index contributed by atoms with van der Waals surface area (Å²) < 4.78 is 18.5. The molecule has 3 aromatic heterocycles. The van der Waals surface area contributed by atoms with Crippen molar-refractivity contribution in [3.8, 4) is 23.0 Å². The number of fused-ring (bicyclic) bond motifs is 1. The maximum atomic E-state index is 13.7. The number of nitrogens with one attached hydrogen (secondary N) is 1. The summed E-state index contributed by atoms with van der Waals surface area (Å²) in [7, 11) is 3.14. The summed E-state index contributed by atoms with van der Waals surface area (Å²) in [6, 6.07) is 29.6. The third-order valence-electron chi connectivity index (χ3n) is 7.27. The van der Waals surface area contributed by atoms with Crippen LogP contribution in [0.3, 0.4) is 0 Å². The van der Waals surface area contributed by atoms with Crippen LogP contribution in [0.5, 0.6) is 23.0 Å². The lowest BCUT2D eigenvalue weighted by atomic mass is 10.0. The Labute approximate surface area is 259 Å². The SMILES string of the molecule is COc1cc2nccc(Oc3ccc(CC(=O)c4c(Nc5ccccc5)ccn(Cc5ccccc5)c4=O)nc3)c2cc1OC. The summed E-state index contributed by atoms with van der Waals surface area (Å²) in [5.41, 5.74) is 3.05. The minimum atomic E-state index is -0.374. The highest BCUT2D eigenvalue weighted by molar-refractivity contribution is 6.02. The molecule has 0 amide bonds. The number of ether oxygens (including phenoxy) is 3. The van der Waals surface area contributed by atoms with Crippen LogP contribution in [0.25, 0.3) is 10.9 Å². The number of carbonyl (C=O) groups is 1. The predicted molar refractivity (Wildman–Crippen MR) is 173 cm³/mol. The van der Waals surface area contributed by atoms with Gasteiger partial charge in [0.1, 0.15) is 17.1 Å². The molecule has 224 valence electrons. The fourth-order valence-electron chi connectivity index (χ4n) is 5.02. The van der Waals surface area contributed by atoms with Crippen molar-refractivity contribution in [2.24, 2.45) is 0 Å². The summed E-state index contributed by atoms with van der Waals surface area (Å²) in [5, 5.41) is 3.98. The van der Waals surface area contributed by atoms with Gasteiger partial charge in [-0.1, -0.05) is 48.5 Å². The van der Waals surface area contributed by atoms with Crippen molar-refractivity contribution in [2.75, 3.05) is 19.5 Å². The van der Waals surface area contributed by atoms with Gasteiger partial charge in [-0.25, -0.2) is 0 Å². The summed E-state index contributed by atoms with van der Waals surface area (Å²) in [6.07, 6.45) is 4.84. The Morgan fingerprint density at radius 2 is 1.56 bits per heavy atom. The van der Waals surface area contributed by atoms with Gasteiger partial charge < -0.3 is 24.1 Å². The van der Waals surface area contributed by atoms with Crippen molar-refractivity contribution >= 4 is 28.1 Å². The number of anilines is 2. The van der Waals surface area contributed by atoms with E-state index in [1.807, 2.05) is 66.7 Å². The molecule has 6 aromatic rings. The fourth-order valence-corrected chi connectivity index (χ4v) is 5.02. The zero-order chi connectivity index (χ0) is 31.2. The number of rotatable bonds is 11. The molecule has 0 unspecified atom stereocenters. The number of hydrogen-bond acceptors (Lipinski definition) is 8. The van der Waals surface area contributed by atoms with Crippen LogP contribution in [-0.4, -0.2) is 34.5 Å². The number of ketones is 1. The molecular weight excluding hydrogens is 568 g/mol. The summed E-state index contributed by atoms with van der Waals surface area (Å²) in [6.45, 7) is 0.345. The first kappa shape index (κ1) is 29.1. The van der Waals surface area contributed by atoms with E-state index in [9.17, 15) is 9.59 Å². The number of para-hydroxylation sites is 1. The first-order chi connectivity index (χ1) is 22.0. The number of hydrogen-bond donors (Lipinski definition) is 1. The Balaban J connectivity index is 1.25. The van der Waals surface area contributed by atoms with Gasteiger partial charge in [-0.3, -0.25) is 19.6 Å². The first-order valence-electron chi connectivity index (χ1n) is 14.3. The Kier molecular flexibility index (Phi) is 8.50. The largest absolute Gasteiger partial charge is 0.493 e. The number of pyridine rings is 3. The number of nitrogens with zero attached hydrogens (tertiary/aromatic N) is 3. The molecule has 3 heterocycles. The highest BCUT2D eigenvalue weighted by atomic mass is 16.5. The third kappa shape index (κ3) is 6.52. The van der Waals surface area contributed by atoms with Crippen molar-refractivity contribution in [1.29, 1.82) is 0 Å².